The van der Waals surface area contributed by atoms with Gasteiger partial charge in [-0.3, -0.25) is 0 Å². The molecule has 376 valence electrons. The summed E-state index contributed by atoms with van der Waals surface area (Å²) in [6.45, 7) is 28.5. The third kappa shape index (κ3) is 14.8. The Bertz CT molecular complexity index is 2240. The summed E-state index contributed by atoms with van der Waals surface area (Å²) in [5.41, 5.74) is 0. The van der Waals surface area contributed by atoms with Gasteiger partial charge < -0.3 is 24.8 Å². The number of benzene rings is 4. The molecule has 0 amide bonds. The SMILES string of the molecule is CC[Si](CC)(CC)c1c[cH-]c2ccccc12.CC[Si](CC)(CC)c1c[cH-]c2ccccc12.CC[Si](CC)(CC)c1c[cH-]c2ccccc12.CC[Si](CC)(CC)c1c[cH-]c2ccccc12.[CH2]=[Zr+2].[CH2]=[Zr+2].[Cl-].[Cl-]. The Morgan fingerprint density at radius 3 is 0.571 bits per heavy atom. The Hall–Kier alpha value is -1.73. The molecule has 0 spiro atoms. The van der Waals surface area contributed by atoms with E-state index in [9.17, 15) is 0 Å². The van der Waals surface area contributed by atoms with Gasteiger partial charge in [0.1, 0.15) is 0 Å². The van der Waals surface area contributed by atoms with Gasteiger partial charge in [0.05, 0.1) is 0 Å². The Morgan fingerprint density at radius 1 is 0.286 bits per heavy atom. The van der Waals surface area contributed by atoms with Crippen LogP contribution < -0.4 is 45.6 Å². The van der Waals surface area contributed by atoms with Crippen molar-refractivity contribution in [3.63, 3.8) is 0 Å². The van der Waals surface area contributed by atoms with Gasteiger partial charge in [0, 0.05) is 32.3 Å². The summed E-state index contributed by atoms with van der Waals surface area (Å²) in [5.74, 6) is 0. The second-order valence-electron chi connectivity index (χ2n) is 18.7. The Kier molecular flexibility index (Phi) is 31.5. The molecule has 0 N–H and O–H groups in total. The molecular formula is C62H88Cl2Si4Zr2-2. The molecule has 0 aliphatic heterocycles. The molecule has 0 radical (unpaired) electrons. The summed E-state index contributed by atoms with van der Waals surface area (Å²) in [6, 6.07) is 70.6. The van der Waals surface area contributed by atoms with Gasteiger partial charge in [0.15, 0.2) is 0 Å². The van der Waals surface area contributed by atoms with Crippen LogP contribution in [-0.2, 0) is 48.5 Å². The fourth-order valence-electron chi connectivity index (χ4n) is 11.7. The van der Waals surface area contributed by atoms with E-state index in [4.69, 9.17) is 0 Å². The van der Waals surface area contributed by atoms with E-state index in [1.165, 1.54) is 164 Å². The molecular weight excluding hydrogens is 1110 g/mol. The normalized spacial score (nSPS) is 11.3. The molecule has 0 heterocycles. The fourth-order valence-corrected chi connectivity index (χ4v) is 27.3. The van der Waals surface area contributed by atoms with Crippen LogP contribution in [-0.4, -0.2) is 40.7 Å². The van der Waals surface area contributed by atoms with Crippen molar-refractivity contribution in [1.29, 1.82) is 0 Å². The summed E-state index contributed by atoms with van der Waals surface area (Å²) in [4.78, 5) is 0. The minimum Gasteiger partial charge on any atom is -1.00 e. The molecule has 0 atom stereocenters. The van der Waals surface area contributed by atoms with Crippen LogP contribution in [0.2, 0.25) is 72.5 Å². The maximum absolute atomic E-state index is 3.34. The van der Waals surface area contributed by atoms with Crippen molar-refractivity contribution < 1.29 is 73.3 Å². The average Bonchev–Trinajstić information content (AvgIpc) is 4.26. The van der Waals surface area contributed by atoms with Crippen LogP contribution in [0, 0.1) is 0 Å². The predicted octanol–water partition coefficient (Wildman–Crippen LogP) is 11.0. The van der Waals surface area contributed by atoms with Gasteiger partial charge in [-0.25, -0.2) is 0 Å². The summed E-state index contributed by atoms with van der Waals surface area (Å²) in [6.07, 6.45) is 0. The van der Waals surface area contributed by atoms with Gasteiger partial charge in [-0.1, -0.05) is 180 Å². The zero-order valence-corrected chi connectivity index (χ0v) is 55.9. The molecule has 0 bridgehead atoms. The minimum atomic E-state index is -1.21. The first-order valence-electron chi connectivity index (χ1n) is 26.4. The maximum atomic E-state index is 3.34. The number of hydrogen-bond acceptors (Lipinski definition) is 0. The summed E-state index contributed by atoms with van der Waals surface area (Å²) in [7, 11) is -4.82. The molecule has 70 heavy (non-hydrogen) atoms. The number of fused-ring (bicyclic) bond motifs is 4. The molecule has 0 fully saturated rings. The van der Waals surface area contributed by atoms with Crippen LogP contribution in [0.4, 0.5) is 0 Å². The number of hydrogen-bond donors (Lipinski definition) is 0. The van der Waals surface area contributed by atoms with E-state index >= 15 is 0 Å². The van der Waals surface area contributed by atoms with Crippen LogP contribution in [0.1, 0.15) is 83.1 Å². The molecule has 0 unspecified atom stereocenters. The Morgan fingerprint density at radius 2 is 0.429 bits per heavy atom. The second kappa shape index (κ2) is 33.2. The van der Waals surface area contributed by atoms with Gasteiger partial charge >= 0.3 is 56.9 Å². The van der Waals surface area contributed by atoms with Crippen molar-refractivity contribution in [3.05, 3.63) is 146 Å². The Labute approximate surface area is 474 Å². The third-order valence-corrected chi connectivity index (χ3v) is 39.7. The molecule has 8 rings (SSSR count). The van der Waals surface area contributed by atoms with E-state index < -0.39 is 32.3 Å². The molecule has 8 aromatic carbocycles. The molecule has 8 aromatic rings. The second-order valence-corrected chi connectivity index (χ2v) is 39.6. The minimum absolute atomic E-state index is 0. The number of halogens is 2. The van der Waals surface area contributed by atoms with Crippen molar-refractivity contribution in [3.8, 4) is 0 Å². The monoisotopic (exact) mass is 1190 g/mol. The topological polar surface area (TPSA) is 0 Å². The molecule has 0 aliphatic carbocycles. The summed E-state index contributed by atoms with van der Waals surface area (Å²) >= 11 is 2.60. The first-order valence-corrected chi connectivity index (χ1v) is 40.3. The first kappa shape index (κ1) is 66.3. The van der Waals surface area contributed by atoms with Crippen LogP contribution in [0.5, 0.6) is 0 Å². The van der Waals surface area contributed by atoms with E-state index in [0.717, 1.165) is 0 Å². The summed E-state index contributed by atoms with van der Waals surface area (Å²) < 4.78 is 6.68. The quantitative estimate of drug-likeness (QED) is 0.0668. The Balaban J connectivity index is 0.000000451. The molecule has 0 aliphatic rings. The van der Waals surface area contributed by atoms with Crippen molar-refractivity contribution in [2.24, 2.45) is 0 Å². The van der Waals surface area contributed by atoms with E-state index in [-0.39, 0.29) is 24.8 Å². The standard InChI is InChI=1S/4C15H21Si.2CH2.2ClH.2Zr/c4*1-4-16(5-2,6-3)15-12-11-13-9-7-8-10-14(13)15;;;;;;/h4*7-12H,4-6H2,1-3H3;2*1H2;2*1H;;/q4*-1;;;;;2*+2/p-2. The van der Waals surface area contributed by atoms with Gasteiger partial charge in [0.25, 0.3) is 0 Å². The van der Waals surface area contributed by atoms with E-state index in [1.54, 1.807) is 20.7 Å². The fraction of sp³-hybridized carbons (Fsp3) is 0.387. The predicted molar refractivity (Wildman–Crippen MR) is 320 cm³/mol. The first-order chi connectivity index (χ1) is 33.1. The van der Waals surface area contributed by atoms with E-state index in [0.29, 0.717) is 0 Å². The summed E-state index contributed by atoms with van der Waals surface area (Å²) in [5, 5.41) is 18.5. The van der Waals surface area contributed by atoms with Crippen molar-refractivity contribution >= 4 is 105 Å². The molecule has 0 nitrogen and oxygen atoms in total. The maximum Gasteiger partial charge on any atom is -1.00 e. The largest absolute Gasteiger partial charge is 1.00 e. The smallest absolute Gasteiger partial charge is 1.00 e. The van der Waals surface area contributed by atoms with Crippen molar-refractivity contribution in [2.75, 3.05) is 0 Å². The molecule has 0 saturated carbocycles. The van der Waals surface area contributed by atoms with Crippen LogP contribution in [0.15, 0.2) is 146 Å². The number of rotatable bonds is 16. The van der Waals surface area contributed by atoms with Crippen LogP contribution >= 0.6 is 0 Å². The average molecular weight is 1200 g/mol. The van der Waals surface area contributed by atoms with E-state index in [2.05, 4.69) is 237 Å². The van der Waals surface area contributed by atoms with Crippen molar-refractivity contribution in [2.45, 2.75) is 156 Å². The zero-order valence-electron chi connectivity index (χ0n) is 45.5. The van der Waals surface area contributed by atoms with Crippen LogP contribution in [0.25, 0.3) is 43.1 Å². The molecule has 0 aromatic heterocycles. The van der Waals surface area contributed by atoms with Gasteiger partial charge in [-0.05, 0) is 0 Å². The molecule has 0 saturated heterocycles. The van der Waals surface area contributed by atoms with Crippen molar-refractivity contribution in [1.82, 2.24) is 0 Å². The molecule has 8 heteroatoms. The van der Waals surface area contributed by atoms with Gasteiger partial charge in [0.2, 0.25) is 0 Å². The van der Waals surface area contributed by atoms with Gasteiger partial charge in [-0.2, -0.15) is 66.6 Å². The van der Waals surface area contributed by atoms with Crippen LogP contribution in [0.3, 0.4) is 0 Å². The zero-order chi connectivity index (χ0) is 50.4. The van der Waals surface area contributed by atoms with Gasteiger partial charge in [-0.15, -0.1) is 119 Å². The van der Waals surface area contributed by atoms with E-state index in [1.807, 2.05) is 0 Å². The third-order valence-electron chi connectivity index (χ3n) is 17.1.